The minimum Gasteiger partial charge on any atom is -0.374 e. The van der Waals surface area contributed by atoms with Gasteiger partial charge in [-0.25, -0.2) is 13.1 Å². The molecule has 0 amide bonds. The van der Waals surface area contributed by atoms with Gasteiger partial charge in [-0.05, 0) is 49.4 Å². The van der Waals surface area contributed by atoms with Crippen LogP contribution in [-0.2, 0) is 10.0 Å². The number of hydrogen-bond donors (Lipinski definition) is 2. The molecule has 0 atom stereocenters. The molecule has 0 aromatic heterocycles. The molecule has 0 spiro atoms. The Labute approximate surface area is 127 Å². The Balaban J connectivity index is 1.98. The lowest BCUT2D eigenvalue weighted by molar-refractivity contribution is 0.271. The molecule has 118 valence electrons. The molecule has 21 heavy (non-hydrogen) atoms. The zero-order chi connectivity index (χ0) is 15.5. The van der Waals surface area contributed by atoms with E-state index in [2.05, 4.69) is 9.62 Å². The first-order valence-corrected chi connectivity index (χ1v) is 8.97. The fraction of sp³-hybridized carbons (Fsp3) is 0.600. The predicted octanol–water partition coefficient (Wildman–Crippen LogP) is 1.55. The van der Waals surface area contributed by atoms with Gasteiger partial charge >= 0.3 is 0 Å². The van der Waals surface area contributed by atoms with E-state index in [1.54, 1.807) is 12.1 Å². The minimum atomic E-state index is -3.37. The summed E-state index contributed by atoms with van der Waals surface area (Å²) in [7, 11) is -1.34. The number of nitrogens with one attached hydrogen (secondary N) is 1. The maximum absolute atomic E-state index is 12.0. The second-order valence-electron chi connectivity index (χ2n) is 5.87. The lowest BCUT2D eigenvalue weighted by Gasteiger charge is -2.36. The summed E-state index contributed by atoms with van der Waals surface area (Å²) in [4.78, 5) is 2.48. The van der Waals surface area contributed by atoms with Crippen molar-refractivity contribution in [2.24, 2.45) is 11.7 Å². The number of hydrogen-bond acceptors (Lipinski definition) is 4. The monoisotopic (exact) mass is 311 g/mol. The summed E-state index contributed by atoms with van der Waals surface area (Å²) in [6, 6.07) is 7.41. The highest BCUT2D eigenvalue weighted by molar-refractivity contribution is 7.89. The van der Waals surface area contributed by atoms with E-state index in [0.717, 1.165) is 31.5 Å². The van der Waals surface area contributed by atoms with Crippen molar-refractivity contribution in [1.29, 1.82) is 0 Å². The van der Waals surface area contributed by atoms with Crippen LogP contribution in [0.25, 0.3) is 0 Å². The van der Waals surface area contributed by atoms with Crippen molar-refractivity contribution in [3.63, 3.8) is 0 Å². The number of rotatable bonds is 7. The second kappa shape index (κ2) is 6.77. The molecule has 1 saturated carbocycles. The molecular formula is C15H25N3O2S. The highest BCUT2D eigenvalue weighted by atomic mass is 32.2. The average molecular weight is 311 g/mol. The normalized spacial score (nSPS) is 21.9. The number of nitrogens with two attached hydrogens (primary N) is 1. The Morgan fingerprint density at radius 2 is 1.90 bits per heavy atom. The molecule has 1 aromatic carbocycles. The van der Waals surface area contributed by atoms with Gasteiger partial charge in [0.1, 0.15) is 0 Å². The van der Waals surface area contributed by atoms with Crippen LogP contribution in [0.5, 0.6) is 0 Å². The summed E-state index contributed by atoms with van der Waals surface area (Å²) in [5.41, 5.74) is 6.83. The molecule has 1 aliphatic rings. The van der Waals surface area contributed by atoms with Crippen LogP contribution in [-0.4, -0.2) is 34.6 Å². The van der Waals surface area contributed by atoms with Crippen molar-refractivity contribution < 1.29 is 8.42 Å². The summed E-state index contributed by atoms with van der Waals surface area (Å²) < 4.78 is 26.6. The molecule has 3 N–H and O–H groups in total. The molecular weight excluding hydrogens is 286 g/mol. The SMILES string of the molecule is CCCNS(=O)(=O)c1ccc(N(C)CC2CC(N)C2)cc1. The number of nitrogens with zero attached hydrogens (tertiary/aromatic N) is 1. The van der Waals surface area contributed by atoms with Gasteiger partial charge in [0.25, 0.3) is 0 Å². The van der Waals surface area contributed by atoms with Crippen LogP contribution < -0.4 is 15.4 Å². The molecule has 6 heteroatoms. The molecule has 0 radical (unpaired) electrons. The van der Waals surface area contributed by atoms with E-state index in [0.29, 0.717) is 23.4 Å². The maximum atomic E-state index is 12.0. The lowest BCUT2D eigenvalue weighted by atomic mass is 9.80. The highest BCUT2D eigenvalue weighted by Crippen LogP contribution is 2.28. The summed E-state index contributed by atoms with van der Waals surface area (Å²) in [6.45, 7) is 3.37. The van der Waals surface area contributed by atoms with Crippen LogP contribution in [0.2, 0.25) is 0 Å². The number of anilines is 1. The summed E-state index contributed by atoms with van der Waals surface area (Å²) in [6.07, 6.45) is 2.94. The molecule has 1 fully saturated rings. The van der Waals surface area contributed by atoms with Crippen LogP contribution in [0, 0.1) is 5.92 Å². The summed E-state index contributed by atoms with van der Waals surface area (Å²) >= 11 is 0. The van der Waals surface area contributed by atoms with Gasteiger partial charge in [0, 0.05) is 31.9 Å². The lowest BCUT2D eigenvalue weighted by Crippen LogP contribution is -2.41. The van der Waals surface area contributed by atoms with Gasteiger partial charge < -0.3 is 10.6 Å². The van der Waals surface area contributed by atoms with Gasteiger partial charge in [0.15, 0.2) is 0 Å². The van der Waals surface area contributed by atoms with Gasteiger partial charge in [-0.15, -0.1) is 0 Å². The molecule has 1 aliphatic carbocycles. The molecule has 1 aromatic rings. The van der Waals surface area contributed by atoms with Crippen LogP contribution in [0.15, 0.2) is 29.2 Å². The third-order valence-electron chi connectivity index (χ3n) is 3.93. The third kappa shape index (κ3) is 4.18. The van der Waals surface area contributed by atoms with E-state index in [1.807, 2.05) is 26.1 Å². The number of sulfonamides is 1. The Morgan fingerprint density at radius 1 is 1.29 bits per heavy atom. The summed E-state index contributed by atoms with van der Waals surface area (Å²) in [5.74, 6) is 0.652. The fourth-order valence-electron chi connectivity index (χ4n) is 2.63. The van der Waals surface area contributed by atoms with Gasteiger partial charge in [-0.2, -0.15) is 0 Å². The van der Waals surface area contributed by atoms with Gasteiger partial charge in [-0.1, -0.05) is 6.92 Å². The zero-order valence-electron chi connectivity index (χ0n) is 12.7. The minimum absolute atomic E-state index is 0.318. The van der Waals surface area contributed by atoms with Crippen molar-refractivity contribution in [3.05, 3.63) is 24.3 Å². The molecule has 2 rings (SSSR count). The first-order chi connectivity index (χ1) is 9.92. The van der Waals surface area contributed by atoms with Crippen LogP contribution >= 0.6 is 0 Å². The second-order valence-corrected chi connectivity index (χ2v) is 7.64. The molecule has 5 nitrogen and oxygen atoms in total. The molecule has 0 heterocycles. The van der Waals surface area contributed by atoms with Crippen molar-refractivity contribution in [1.82, 2.24) is 4.72 Å². The largest absolute Gasteiger partial charge is 0.374 e. The van der Waals surface area contributed by atoms with E-state index >= 15 is 0 Å². The molecule has 0 bridgehead atoms. The average Bonchev–Trinajstić information content (AvgIpc) is 2.43. The highest BCUT2D eigenvalue weighted by Gasteiger charge is 2.26. The van der Waals surface area contributed by atoms with Crippen molar-refractivity contribution >= 4 is 15.7 Å². The van der Waals surface area contributed by atoms with Crippen molar-refractivity contribution in [2.75, 3.05) is 25.0 Å². The molecule has 0 unspecified atom stereocenters. The van der Waals surface area contributed by atoms with Crippen LogP contribution in [0.3, 0.4) is 0 Å². The van der Waals surface area contributed by atoms with Gasteiger partial charge in [0.2, 0.25) is 10.0 Å². The molecule has 0 saturated heterocycles. The smallest absolute Gasteiger partial charge is 0.240 e. The topological polar surface area (TPSA) is 75.4 Å². The van der Waals surface area contributed by atoms with Gasteiger partial charge in [0.05, 0.1) is 4.90 Å². The Kier molecular flexibility index (Phi) is 5.24. The Bertz CT molecular complexity index is 551. The predicted molar refractivity (Wildman–Crippen MR) is 85.9 cm³/mol. The standard InChI is InChI=1S/C15H25N3O2S/c1-3-8-17-21(19,20)15-6-4-14(5-7-15)18(2)11-12-9-13(16)10-12/h4-7,12-13,17H,3,8-11,16H2,1-2H3. The summed E-state index contributed by atoms with van der Waals surface area (Å²) in [5, 5.41) is 0. The van der Waals surface area contributed by atoms with E-state index in [-0.39, 0.29) is 0 Å². The van der Waals surface area contributed by atoms with E-state index < -0.39 is 10.0 Å². The van der Waals surface area contributed by atoms with Crippen molar-refractivity contribution in [2.45, 2.75) is 37.1 Å². The van der Waals surface area contributed by atoms with Crippen molar-refractivity contribution in [3.8, 4) is 0 Å². The Morgan fingerprint density at radius 3 is 2.43 bits per heavy atom. The number of benzene rings is 1. The van der Waals surface area contributed by atoms with E-state index in [1.165, 1.54) is 0 Å². The Hall–Kier alpha value is -1.11. The zero-order valence-corrected chi connectivity index (χ0v) is 13.6. The van der Waals surface area contributed by atoms with Gasteiger partial charge in [-0.3, -0.25) is 0 Å². The maximum Gasteiger partial charge on any atom is 0.240 e. The van der Waals surface area contributed by atoms with E-state index in [9.17, 15) is 8.42 Å². The molecule has 0 aliphatic heterocycles. The third-order valence-corrected chi connectivity index (χ3v) is 5.41. The van der Waals surface area contributed by atoms with Crippen LogP contribution in [0.1, 0.15) is 26.2 Å². The van der Waals surface area contributed by atoms with E-state index in [4.69, 9.17) is 5.73 Å². The first kappa shape index (κ1) is 16.3. The van der Waals surface area contributed by atoms with Crippen LogP contribution in [0.4, 0.5) is 5.69 Å². The fourth-order valence-corrected chi connectivity index (χ4v) is 3.76. The quantitative estimate of drug-likeness (QED) is 0.801. The first-order valence-electron chi connectivity index (χ1n) is 7.49.